The smallest absolute Gasteiger partial charge is 0.340 e. The van der Waals surface area contributed by atoms with Crippen LogP contribution in [0.15, 0.2) is 103 Å². The standard InChI is InChI=1S/C33H34N2O4/c36-31-22-28(21-26-13-5-2-6-14-26)32(37)35(31)30-18-8-7-17-29(30)33(38)39-24-27-16-10-20-34(23-27)19-9-15-25-11-3-1-4-12-25/h1-8,11-14,16-18,22,36-37H,9-10,15,19-21,23-24H2. The molecule has 0 amide bonds. The van der Waals surface area contributed by atoms with Gasteiger partial charge >= 0.3 is 5.97 Å². The number of ether oxygens (including phenoxy) is 1. The molecule has 4 aromatic rings. The summed E-state index contributed by atoms with van der Waals surface area (Å²) in [5, 5.41) is 21.7. The predicted octanol–water partition coefficient (Wildman–Crippen LogP) is 5.90. The third kappa shape index (κ3) is 6.59. The number of aromatic hydroxyl groups is 2. The highest BCUT2D eigenvalue weighted by Gasteiger charge is 2.22. The van der Waals surface area contributed by atoms with Gasteiger partial charge in [-0.15, -0.1) is 0 Å². The molecule has 0 radical (unpaired) electrons. The summed E-state index contributed by atoms with van der Waals surface area (Å²) in [6, 6.07) is 28.6. The number of carbonyl (C=O) groups is 1. The fourth-order valence-corrected chi connectivity index (χ4v) is 5.13. The van der Waals surface area contributed by atoms with Gasteiger partial charge in [0.15, 0.2) is 5.88 Å². The van der Waals surface area contributed by atoms with E-state index in [1.807, 2.05) is 36.4 Å². The highest BCUT2D eigenvalue weighted by Crippen LogP contribution is 2.34. The van der Waals surface area contributed by atoms with Gasteiger partial charge in [-0.1, -0.05) is 78.9 Å². The Balaban J connectivity index is 1.21. The summed E-state index contributed by atoms with van der Waals surface area (Å²) in [6.07, 6.45) is 5.68. The van der Waals surface area contributed by atoms with E-state index in [9.17, 15) is 15.0 Å². The van der Waals surface area contributed by atoms with Crippen LogP contribution >= 0.6 is 0 Å². The molecular formula is C33H34N2O4. The second-order valence-electron chi connectivity index (χ2n) is 9.96. The fourth-order valence-electron chi connectivity index (χ4n) is 5.13. The van der Waals surface area contributed by atoms with E-state index >= 15 is 0 Å². The van der Waals surface area contributed by atoms with Crippen LogP contribution in [0.5, 0.6) is 11.8 Å². The predicted molar refractivity (Wildman–Crippen MR) is 153 cm³/mol. The molecule has 3 aromatic carbocycles. The first-order valence-electron chi connectivity index (χ1n) is 13.5. The number of esters is 1. The average molecular weight is 523 g/mol. The fraction of sp³-hybridized carbons (Fsp3) is 0.242. The second-order valence-corrected chi connectivity index (χ2v) is 9.96. The summed E-state index contributed by atoms with van der Waals surface area (Å²) in [5.74, 6) is -0.734. The third-order valence-corrected chi connectivity index (χ3v) is 7.11. The van der Waals surface area contributed by atoms with Crippen molar-refractivity contribution in [2.75, 3.05) is 26.2 Å². The zero-order chi connectivity index (χ0) is 27.0. The maximum absolute atomic E-state index is 13.2. The van der Waals surface area contributed by atoms with E-state index < -0.39 is 5.97 Å². The minimum atomic E-state index is -0.496. The van der Waals surface area contributed by atoms with Crippen molar-refractivity contribution in [1.82, 2.24) is 9.47 Å². The lowest BCUT2D eigenvalue weighted by Crippen LogP contribution is -2.32. The molecule has 2 heterocycles. The Hall–Kier alpha value is -4.29. The van der Waals surface area contributed by atoms with Gasteiger partial charge in [-0.25, -0.2) is 4.79 Å². The van der Waals surface area contributed by atoms with Crippen molar-refractivity contribution in [3.63, 3.8) is 0 Å². The highest BCUT2D eigenvalue weighted by molar-refractivity contribution is 5.94. The second kappa shape index (κ2) is 12.5. The Morgan fingerprint density at radius 2 is 1.56 bits per heavy atom. The van der Waals surface area contributed by atoms with Crippen LogP contribution < -0.4 is 0 Å². The van der Waals surface area contributed by atoms with E-state index in [-0.39, 0.29) is 23.9 Å². The van der Waals surface area contributed by atoms with Gasteiger partial charge in [-0.05, 0) is 54.6 Å². The molecule has 0 fully saturated rings. The third-order valence-electron chi connectivity index (χ3n) is 7.11. The van der Waals surface area contributed by atoms with E-state index in [0.29, 0.717) is 17.7 Å². The van der Waals surface area contributed by atoms with Crippen molar-refractivity contribution in [3.05, 3.63) is 125 Å². The molecule has 5 rings (SSSR count). The van der Waals surface area contributed by atoms with E-state index in [0.717, 1.165) is 50.0 Å². The first kappa shape index (κ1) is 26.3. The van der Waals surface area contributed by atoms with E-state index in [2.05, 4.69) is 35.2 Å². The maximum atomic E-state index is 13.2. The van der Waals surface area contributed by atoms with Gasteiger partial charge in [0.2, 0.25) is 5.88 Å². The van der Waals surface area contributed by atoms with Crippen molar-refractivity contribution in [2.24, 2.45) is 0 Å². The maximum Gasteiger partial charge on any atom is 0.340 e. The number of para-hydroxylation sites is 1. The lowest BCUT2D eigenvalue weighted by atomic mass is 10.1. The number of aryl methyl sites for hydroxylation is 1. The van der Waals surface area contributed by atoms with E-state index in [1.54, 1.807) is 24.3 Å². The molecule has 0 saturated heterocycles. The molecule has 2 N–H and O–H groups in total. The van der Waals surface area contributed by atoms with Gasteiger partial charge in [0, 0.05) is 31.1 Å². The minimum absolute atomic E-state index is 0.0993. The van der Waals surface area contributed by atoms with Crippen LogP contribution in [-0.4, -0.2) is 51.9 Å². The number of nitrogens with zero attached hydrogens (tertiary/aromatic N) is 2. The quantitative estimate of drug-likeness (QED) is 0.200. The largest absolute Gasteiger partial charge is 0.494 e. The molecule has 200 valence electrons. The van der Waals surface area contributed by atoms with Crippen molar-refractivity contribution < 1.29 is 19.7 Å². The average Bonchev–Trinajstić information content (AvgIpc) is 3.25. The Kier molecular flexibility index (Phi) is 8.44. The van der Waals surface area contributed by atoms with Crippen LogP contribution in [0.2, 0.25) is 0 Å². The summed E-state index contributed by atoms with van der Waals surface area (Å²) >= 11 is 0. The molecule has 1 aliphatic heterocycles. The van der Waals surface area contributed by atoms with Crippen LogP contribution in [0.25, 0.3) is 5.69 Å². The lowest BCUT2D eigenvalue weighted by Gasteiger charge is -2.27. The van der Waals surface area contributed by atoms with Gasteiger partial charge in [-0.3, -0.25) is 9.47 Å². The molecule has 1 aliphatic rings. The van der Waals surface area contributed by atoms with Crippen LogP contribution in [0.4, 0.5) is 0 Å². The number of carbonyl (C=O) groups excluding carboxylic acids is 1. The van der Waals surface area contributed by atoms with Gasteiger partial charge in [-0.2, -0.15) is 0 Å². The van der Waals surface area contributed by atoms with Crippen molar-refractivity contribution in [3.8, 4) is 17.4 Å². The summed E-state index contributed by atoms with van der Waals surface area (Å²) in [4.78, 5) is 15.6. The summed E-state index contributed by atoms with van der Waals surface area (Å²) < 4.78 is 7.02. The SMILES string of the molecule is O=C(OCC1=CCCN(CCCc2ccccc2)C1)c1ccccc1-n1c(O)cc(Cc2ccccc2)c1O. The van der Waals surface area contributed by atoms with Crippen LogP contribution in [0, 0.1) is 0 Å². The summed E-state index contributed by atoms with van der Waals surface area (Å²) in [7, 11) is 0. The molecule has 0 bridgehead atoms. The minimum Gasteiger partial charge on any atom is -0.494 e. The van der Waals surface area contributed by atoms with Gasteiger partial charge in [0.05, 0.1) is 11.3 Å². The molecule has 1 aromatic heterocycles. The molecule has 0 spiro atoms. The molecule has 0 aliphatic carbocycles. The number of hydrogen-bond acceptors (Lipinski definition) is 5. The normalized spacial score (nSPS) is 13.7. The van der Waals surface area contributed by atoms with Crippen molar-refractivity contribution in [1.29, 1.82) is 0 Å². The molecule has 6 nitrogen and oxygen atoms in total. The Labute approximate surface area is 229 Å². The lowest BCUT2D eigenvalue weighted by molar-refractivity contribution is 0.0531. The zero-order valence-corrected chi connectivity index (χ0v) is 22.0. The summed E-state index contributed by atoms with van der Waals surface area (Å²) in [6.45, 7) is 3.00. The molecule has 0 unspecified atom stereocenters. The topological polar surface area (TPSA) is 74.9 Å². The number of benzene rings is 3. The van der Waals surface area contributed by atoms with Crippen LogP contribution in [0.1, 0.15) is 39.9 Å². The molecule has 0 saturated carbocycles. The monoisotopic (exact) mass is 522 g/mol. The Bertz CT molecular complexity index is 1430. The Morgan fingerprint density at radius 1 is 0.872 bits per heavy atom. The highest BCUT2D eigenvalue weighted by atomic mass is 16.5. The van der Waals surface area contributed by atoms with Crippen molar-refractivity contribution in [2.45, 2.75) is 25.7 Å². The summed E-state index contributed by atoms with van der Waals surface area (Å²) in [5.41, 5.74) is 4.67. The number of hydrogen-bond donors (Lipinski definition) is 2. The Morgan fingerprint density at radius 3 is 2.33 bits per heavy atom. The van der Waals surface area contributed by atoms with Crippen LogP contribution in [0.3, 0.4) is 0 Å². The van der Waals surface area contributed by atoms with Gasteiger partial charge in [0.1, 0.15) is 6.61 Å². The van der Waals surface area contributed by atoms with Crippen molar-refractivity contribution >= 4 is 5.97 Å². The number of aromatic nitrogens is 1. The van der Waals surface area contributed by atoms with Gasteiger partial charge in [0.25, 0.3) is 0 Å². The first-order valence-corrected chi connectivity index (χ1v) is 13.5. The molecule has 39 heavy (non-hydrogen) atoms. The number of rotatable bonds is 10. The van der Waals surface area contributed by atoms with Gasteiger partial charge < -0.3 is 14.9 Å². The first-order chi connectivity index (χ1) is 19.1. The van der Waals surface area contributed by atoms with E-state index in [4.69, 9.17) is 4.74 Å². The molecule has 6 heteroatoms. The molecular weight excluding hydrogens is 488 g/mol. The zero-order valence-electron chi connectivity index (χ0n) is 22.0. The van der Waals surface area contributed by atoms with E-state index in [1.165, 1.54) is 16.2 Å². The molecule has 0 atom stereocenters. The van der Waals surface area contributed by atoms with Crippen LogP contribution in [-0.2, 0) is 17.6 Å².